The molecule has 1 atom stereocenters. The van der Waals surface area contributed by atoms with Crippen LogP contribution in [0.15, 0.2) is 30.3 Å². The molecule has 1 saturated heterocycles. The Morgan fingerprint density at radius 1 is 1.29 bits per heavy atom. The number of carbonyl (C=O) groups excluding carboxylic acids is 1. The van der Waals surface area contributed by atoms with E-state index in [-0.39, 0.29) is 6.03 Å². The lowest BCUT2D eigenvalue weighted by atomic mass is 10.1. The van der Waals surface area contributed by atoms with Crippen LogP contribution in [0.25, 0.3) is 0 Å². The Kier molecular flexibility index (Phi) is 5.16. The number of carboxylic acid groups (broad SMARTS) is 1. The first-order valence-corrected chi connectivity index (χ1v) is 6.96. The second-order valence-electron chi connectivity index (χ2n) is 5.04. The summed E-state index contributed by atoms with van der Waals surface area (Å²) in [5, 5.41) is 9.42. The Bertz CT molecular complexity index is 486. The Morgan fingerprint density at radius 2 is 1.90 bits per heavy atom. The van der Waals surface area contributed by atoms with Gasteiger partial charge in [0, 0.05) is 26.6 Å². The highest BCUT2D eigenvalue weighted by molar-refractivity contribution is 5.82. The summed E-state index contributed by atoms with van der Waals surface area (Å²) in [5.41, 5.74) is 0.895. The predicted molar refractivity (Wildman–Crippen MR) is 77.1 cm³/mol. The van der Waals surface area contributed by atoms with Gasteiger partial charge in [0.1, 0.15) is 6.04 Å². The van der Waals surface area contributed by atoms with E-state index in [1.165, 1.54) is 4.90 Å². The van der Waals surface area contributed by atoms with E-state index in [9.17, 15) is 14.7 Å². The number of carboxylic acids is 1. The highest BCUT2D eigenvalue weighted by Gasteiger charge is 2.30. The molecular formula is C15H20N2O4. The smallest absolute Gasteiger partial charge is 0.326 e. The monoisotopic (exact) mass is 292 g/mol. The summed E-state index contributed by atoms with van der Waals surface area (Å²) in [6.07, 6.45) is 0.294. The van der Waals surface area contributed by atoms with E-state index in [0.717, 1.165) is 5.56 Å². The average Bonchev–Trinajstić information content (AvgIpc) is 2.53. The fourth-order valence-electron chi connectivity index (χ4n) is 2.34. The molecule has 0 spiro atoms. The maximum atomic E-state index is 12.4. The second kappa shape index (κ2) is 7.08. The number of likely N-dealkylation sites (N-methyl/N-ethyl adjacent to an activating group) is 1. The lowest BCUT2D eigenvalue weighted by molar-refractivity contribution is -0.142. The van der Waals surface area contributed by atoms with Gasteiger partial charge in [-0.05, 0) is 5.56 Å². The molecule has 1 heterocycles. The molecule has 2 amide bonds. The van der Waals surface area contributed by atoms with Crippen LogP contribution in [0.1, 0.15) is 5.56 Å². The molecule has 0 saturated carbocycles. The molecule has 1 aliphatic heterocycles. The Hall–Kier alpha value is -2.08. The average molecular weight is 292 g/mol. The Balaban J connectivity index is 2.06. The van der Waals surface area contributed by atoms with E-state index in [2.05, 4.69) is 0 Å². The number of benzene rings is 1. The zero-order chi connectivity index (χ0) is 15.2. The van der Waals surface area contributed by atoms with Crippen LogP contribution in [0.4, 0.5) is 4.79 Å². The quantitative estimate of drug-likeness (QED) is 0.901. The predicted octanol–water partition coefficient (Wildman–Crippen LogP) is 1.07. The van der Waals surface area contributed by atoms with Gasteiger partial charge in [-0.25, -0.2) is 9.59 Å². The third-order valence-electron chi connectivity index (χ3n) is 3.61. The van der Waals surface area contributed by atoms with Gasteiger partial charge in [0.25, 0.3) is 0 Å². The molecule has 0 radical (unpaired) electrons. The highest BCUT2D eigenvalue weighted by Crippen LogP contribution is 2.11. The van der Waals surface area contributed by atoms with Gasteiger partial charge in [0.15, 0.2) is 0 Å². The number of carbonyl (C=O) groups is 2. The summed E-state index contributed by atoms with van der Waals surface area (Å²) in [7, 11) is 1.54. The largest absolute Gasteiger partial charge is 0.480 e. The van der Waals surface area contributed by atoms with E-state index < -0.39 is 12.0 Å². The molecule has 0 aliphatic carbocycles. The van der Waals surface area contributed by atoms with E-state index in [1.54, 1.807) is 11.9 Å². The molecule has 0 bridgehead atoms. The van der Waals surface area contributed by atoms with Crippen LogP contribution >= 0.6 is 0 Å². The standard InChI is InChI=1S/C15H20N2O4/c1-16(15(20)17-7-9-21-10-8-17)13(14(18)19)11-12-5-3-2-4-6-12/h2-6,13H,7-11H2,1H3,(H,18,19)/t13-/m0/s1. The van der Waals surface area contributed by atoms with Crippen LogP contribution < -0.4 is 0 Å². The Labute approximate surface area is 123 Å². The number of ether oxygens (including phenoxy) is 1. The molecule has 21 heavy (non-hydrogen) atoms. The van der Waals surface area contributed by atoms with Gasteiger partial charge in [-0.15, -0.1) is 0 Å². The van der Waals surface area contributed by atoms with E-state index in [0.29, 0.717) is 32.7 Å². The van der Waals surface area contributed by atoms with Crippen molar-refractivity contribution in [1.82, 2.24) is 9.80 Å². The highest BCUT2D eigenvalue weighted by atomic mass is 16.5. The zero-order valence-electron chi connectivity index (χ0n) is 12.1. The van der Waals surface area contributed by atoms with Gasteiger partial charge in [0.2, 0.25) is 0 Å². The third kappa shape index (κ3) is 3.95. The SMILES string of the molecule is CN(C(=O)N1CCOCC1)[C@@H](Cc1ccccc1)C(=O)O. The van der Waals surface area contributed by atoms with Crippen molar-refractivity contribution in [3.05, 3.63) is 35.9 Å². The number of aliphatic carboxylic acids is 1. The van der Waals surface area contributed by atoms with Gasteiger partial charge in [-0.3, -0.25) is 0 Å². The summed E-state index contributed by atoms with van der Waals surface area (Å²) in [5.74, 6) is -0.997. The van der Waals surface area contributed by atoms with Crippen molar-refractivity contribution in [2.75, 3.05) is 33.4 Å². The number of morpholine rings is 1. The van der Waals surface area contributed by atoms with Gasteiger partial charge in [-0.1, -0.05) is 30.3 Å². The molecule has 1 aromatic rings. The molecule has 6 heteroatoms. The summed E-state index contributed by atoms with van der Waals surface area (Å²) < 4.78 is 5.20. The van der Waals surface area contributed by atoms with Crippen LogP contribution in [0, 0.1) is 0 Å². The van der Waals surface area contributed by atoms with E-state index >= 15 is 0 Å². The number of nitrogens with zero attached hydrogens (tertiary/aromatic N) is 2. The van der Waals surface area contributed by atoms with Crippen molar-refractivity contribution in [3.63, 3.8) is 0 Å². The number of urea groups is 1. The van der Waals surface area contributed by atoms with Crippen molar-refractivity contribution >= 4 is 12.0 Å². The van der Waals surface area contributed by atoms with Crippen molar-refractivity contribution in [1.29, 1.82) is 0 Å². The number of amides is 2. The minimum absolute atomic E-state index is 0.262. The molecule has 1 N–H and O–H groups in total. The maximum Gasteiger partial charge on any atom is 0.326 e. The number of hydrogen-bond donors (Lipinski definition) is 1. The minimum atomic E-state index is -0.997. The number of hydrogen-bond acceptors (Lipinski definition) is 3. The maximum absolute atomic E-state index is 12.4. The van der Waals surface area contributed by atoms with Crippen molar-refractivity contribution < 1.29 is 19.4 Å². The molecule has 1 aromatic carbocycles. The fraction of sp³-hybridized carbons (Fsp3) is 0.467. The topological polar surface area (TPSA) is 70.1 Å². The van der Waals surface area contributed by atoms with Crippen LogP contribution in [0.2, 0.25) is 0 Å². The van der Waals surface area contributed by atoms with Crippen LogP contribution in [0.5, 0.6) is 0 Å². The zero-order valence-corrected chi connectivity index (χ0v) is 12.1. The third-order valence-corrected chi connectivity index (χ3v) is 3.61. The van der Waals surface area contributed by atoms with Gasteiger partial charge in [-0.2, -0.15) is 0 Å². The van der Waals surface area contributed by atoms with E-state index in [4.69, 9.17) is 4.74 Å². The van der Waals surface area contributed by atoms with Crippen molar-refractivity contribution in [2.24, 2.45) is 0 Å². The molecule has 6 nitrogen and oxygen atoms in total. The van der Waals surface area contributed by atoms with Crippen molar-refractivity contribution in [2.45, 2.75) is 12.5 Å². The fourth-order valence-corrected chi connectivity index (χ4v) is 2.34. The van der Waals surface area contributed by atoms with Gasteiger partial charge < -0.3 is 19.6 Å². The number of rotatable bonds is 4. The summed E-state index contributed by atoms with van der Waals surface area (Å²) in [6, 6.07) is 8.19. The lowest BCUT2D eigenvalue weighted by Gasteiger charge is -2.33. The lowest BCUT2D eigenvalue weighted by Crippen LogP contribution is -2.52. The molecular weight excluding hydrogens is 272 g/mol. The van der Waals surface area contributed by atoms with E-state index in [1.807, 2.05) is 30.3 Å². The molecule has 114 valence electrons. The summed E-state index contributed by atoms with van der Waals surface area (Å²) >= 11 is 0. The van der Waals surface area contributed by atoms with Crippen molar-refractivity contribution in [3.8, 4) is 0 Å². The van der Waals surface area contributed by atoms with Crippen LogP contribution in [-0.4, -0.2) is 66.3 Å². The first kappa shape index (κ1) is 15.3. The molecule has 0 aromatic heterocycles. The first-order chi connectivity index (χ1) is 10.1. The van der Waals surface area contributed by atoms with Gasteiger partial charge in [0.05, 0.1) is 13.2 Å². The van der Waals surface area contributed by atoms with Gasteiger partial charge >= 0.3 is 12.0 Å². The Morgan fingerprint density at radius 3 is 2.48 bits per heavy atom. The van der Waals surface area contributed by atoms with Crippen LogP contribution in [-0.2, 0) is 16.0 Å². The molecule has 1 aliphatic rings. The molecule has 1 fully saturated rings. The summed E-state index contributed by atoms with van der Waals surface area (Å²) in [4.78, 5) is 26.8. The molecule has 0 unspecified atom stereocenters. The van der Waals surface area contributed by atoms with Crippen LogP contribution in [0.3, 0.4) is 0 Å². The minimum Gasteiger partial charge on any atom is -0.480 e. The first-order valence-electron chi connectivity index (χ1n) is 6.96. The second-order valence-corrected chi connectivity index (χ2v) is 5.04. The summed E-state index contributed by atoms with van der Waals surface area (Å²) in [6.45, 7) is 1.99. The normalized spacial score (nSPS) is 16.3. The molecule has 2 rings (SSSR count).